The molecule has 2 aromatic carbocycles. The number of nitrogens with zero attached hydrogens (tertiary/aromatic N) is 3. The van der Waals surface area contributed by atoms with Crippen LogP contribution in [0, 0.1) is 17.7 Å². The molecular weight excluding hydrogens is 431 g/mol. The lowest BCUT2D eigenvalue weighted by Crippen LogP contribution is -2.55. The molecule has 3 heterocycles. The number of likely N-dealkylation sites (tertiary alicyclic amines) is 1. The highest BCUT2D eigenvalue weighted by atomic mass is 19.1. The second-order valence-electron chi connectivity index (χ2n) is 10.2. The van der Waals surface area contributed by atoms with Gasteiger partial charge in [-0.05, 0) is 54.8 Å². The van der Waals surface area contributed by atoms with Crippen LogP contribution in [0.5, 0.6) is 0 Å². The van der Waals surface area contributed by atoms with Crippen LogP contribution in [0.1, 0.15) is 31.2 Å². The normalized spacial score (nSPS) is 21.3. The largest absolute Gasteiger partial charge is 0.361 e. The van der Waals surface area contributed by atoms with Crippen molar-refractivity contribution in [1.29, 1.82) is 0 Å². The van der Waals surface area contributed by atoms with Gasteiger partial charge in [-0.15, -0.1) is 0 Å². The fourth-order valence-electron chi connectivity index (χ4n) is 5.31. The molecule has 2 aliphatic heterocycles. The number of carbonyl (C=O) groups is 2. The van der Waals surface area contributed by atoms with E-state index in [1.807, 2.05) is 41.4 Å². The van der Waals surface area contributed by atoms with Gasteiger partial charge in [-0.1, -0.05) is 24.3 Å². The number of carbonyl (C=O) groups excluding carboxylic acids is 2. The van der Waals surface area contributed by atoms with Crippen molar-refractivity contribution in [1.82, 2.24) is 14.8 Å². The Morgan fingerprint density at radius 2 is 1.88 bits per heavy atom. The zero-order valence-corrected chi connectivity index (χ0v) is 18.8. The molecule has 2 saturated carbocycles. The van der Waals surface area contributed by atoms with E-state index in [0.717, 1.165) is 42.1 Å². The van der Waals surface area contributed by atoms with Crippen molar-refractivity contribution in [3.63, 3.8) is 0 Å². The molecule has 0 unspecified atom stereocenters. The number of amidine groups is 1. The Hall–Kier alpha value is -3.48. The standard InChI is InChI=1S/C27H25FN4O2/c28-22-11-20(5-6-21(22)19-4-1-17-7-10-29-23(17)12-19)24-30-27(8-9-27)26(34)32(24)15-16-13-31(14-16)25(33)18-2-3-18/h1,4-7,10-12,16,18,29H,2-3,8-9,13-15H2. The van der Waals surface area contributed by atoms with Crippen LogP contribution in [0.3, 0.4) is 0 Å². The molecule has 2 aliphatic carbocycles. The number of hydrogen-bond donors (Lipinski definition) is 1. The SMILES string of the molecule is O=C(C1CC1)N1CC(CN2C(=O)C3(CC3)N=C2c2ccc(-c3ccc4cc[nH]c4c3)c(F)c2)C1. The van der Waals surface area contributed by atoms with Gasteiger partial charge in [0.1, 0.15) is 17.2 Å². The van der Waals surface area contributed by atoms with Gasteiger partial charge in [-0.25, -0.2) is 4.39 Å². The number of rotatable bonds is 5. The third-order valence-corrected chi connectivity index (χ3v) is 7.67. The van der Waals surface area contributed by atoms with Crippen LogP contribution in [0.4, 0.5) is 4.39 Å². The summed E-state index contributed by atoms with van der Waals surface area (Å²) in [5, 5.41) is 1.08. The first kappa shape index (κ1) is 19.9. The van der Waals surface area contributed by atoms with E-state index in [4.69, 9.17) is 4.99 Å². The van der Waals surface area contributed by atoms with Crippen molar-refractivity contribution >= 4 is 28.6 Å². The topological polar surface area (TPSA) is 68.8 Å². The van der Waals surface area contributed by atoms with Crippen LogP contribution in [0.15, 0.2) is 53.7 Å². The van der Waals surface area contributed by atoms with Crippen molar-refractivity contribution in [3.8, 4) is 11.1 Å². The highest BCUT2D eigenvalue weighted by Crippen LogP contribution is 2.46. The molecule has 6 nitrogen and oxygen atoms in total. The van der Waals surface area contributed by atoms with Crippen molar-refractivity contribution < 1.29 is 14.0 Å². The van der Waals surface area contributed by atoms with Crippen LogP contribution >= 0.6 is 0 Å². The lowest BCUT2D eigenvalue weighted by molar-refractivity contribution is -0.139. The number of benzene rings is 2. The molecule has 3 fully saturated rings. The van der Waals surface area contributed by atoms with Gasteiger partial charge >= 0.3 is 0 Å². The fraction of sp³-hybridized carbons (Fsp3) is 0.370. The molecule has 1 saturated heterocycles. The molecule has 2 amide bonds. The van der Waals surface area contributed by atoms with E-state index in [0.29, 0.717) is 36.6 Å². The molecule has 4 aliphatic rings. The van der Waals surface area contributed by atoms with E-state index in [9.17, 15) is 9.59 Å². The van der Waals surface area contributed by atoms with E-state index in [1.165, 1.54) is 6.07 Å². The van der Waals surface area contributed by atoms with Crippen molar-refractivity contribution in [2.75, 3.05) is 19.6 Å². The number of H-pyrrole nitrogens is 1. The molecule has 1 N–H and O–H groups in total. The van der Waals surface area contributed by atoms with Crippen LogP contribution in [0.2, 0.25) is 0 Å². The fourth-order valence-corrected chi connectivity index (χ4v) is 5.31. The summed E-state index contributed by atoms with van der Waals surface area (Å²) in [5.74, 6) is 0.977. The highest BCUT2D eigenvalue weighted by molar-refractivity contribution is 6.16. The zero-order chi connectivity index (χ0) is 23.0. The number of fused-ring (bicyclic) bond motifs is 1. The number of nitrogens with one attached hydrogen (secondary N) is 1. The van der Waals surface area contributed by atoms with Crippen LogP contribution < -0.4 is 0 Å². The van der Waals surface area contributed by atoms with Gasteiger partial charge in [0.15, 0.2) is 0 Å². The minimum absolute atomic E-state index is 0.0242. The molecule has 0 bridgehead atoms. The van der Waals surface area contributed by atoms with Gasteiger partial charge in [-0.2, -0.15) is 0 Å². The lowest BCUT2D eigenvalue weighted by Gasteiger charge is -2.41. The molecule has 1 spiro atoms. The van der Waals surface area contributed by atoms with Gasteiger partial charge in [-0.3, -0.25) is 19.5 Å². The van der Waals surface area contributed by atoms with Crippen LogP contribution in [0.25, 0.3) is 22.0 Å². The Labute approximate surface area is 196 Å². The first-order valence-corrected chi connectivity index (χ1v) is 12.1. The van der Waals surface area contributed by atoms with Gasteiger partial charge in [0.2, 0.25) is 5.91 Å². The number of halogens is 1. The average Bonchev–Trinajstić information content (AvgIpc) is 3.72. The smallest absolute Gasteiger partial charge is 0.256 e. The molecule has 172 valence electrons. The molecule has 0 atom stereocenters. The van der Waals surface area contributed by atoms with Crippen molar-refractivity contribution in [2.24, 2.45) is 16.8 Å². The van der Waals surface area contributed by atoms with Gasteiger partial charge in [0, 0.05) is 54.3 Å². The van der Waals surface area contributed by atoms with E-state index < -0.39 is 5.54 Å². The molecule has 3 aromatic rings. The molecule has 34 heavy (non-hydrogen) atoms. The lowest BCUT2D eigenvalue weighted by atomic mass is 9.97. The first-order valence-electron chi connectivity index (χ1n) is 12.1. The minimum atomic E-state index is -0.642. The Kier molecular flexibility index (Phi) is 4.11. The molecule has 7 rings (SSSR count). The van der Waals surface area contributed by atoms with Gasteiger partial charge in [0.25, 0.3) is 5.91 Å². The Bertz CT molecular complexity index is 1380. The van der Waals surface area contributed by atoms with Crippen LogP contribution in [-0.2, 0) is 9.59 Å². The molecule has 1 aromatic heterocycles. The van der Waals surface area contributed by atoms with Crippen molar-refractivity contribution in [2.45, 2.75) is 31.2 Å². The minimum Gasteiger partial charge on any atom is -0.361 e. The summed E-state index contributed by atoms with van der Waals surface area (Å²) >= 11 is 0. The number of amides is 2. The van der Waals surface area contributed by atoms with Crippen LogP contribution in [-0.4, -0.2) is 57.6 Å². The first-order chi connectivity index (χ1) is 16.5. The molecule has 7 heteroatoms. The second-order valence-corrected chi connectivity index (χ2v) is 10.2. The van der Waals surface area contributed by atoms with E-state index in [2.05, 4.69) is 4.98 Å². The quantitative estimate of drug-likeness (QED) is 0.631. The Morgan fingerprint density at radius 3 is 2.62 bits per heavy atom. The second kappa shape index (κ2) is 7.01. The van der Waals surface area contributed by atoms with Gasteiger partial charge < -0.3 is 9.88 Å². The predicted octanol–water partition coefficient (Wildman–Crippen LogP) is 3.96. The Balaban J connectivity index is 1.14. The number of aliphatic imine (C=N–C) groups is 1. The maximum Gasteiger partial charge on any atom is 0.256 e. The zero-order valence-electron chi connectivity index (χ0n) is 18.8. The summed E-state index contributed by atoms with van der Waals surface area (Å²) in [6, 6.07) is 13.0. The predicted molar refractivity (Wildman–Crippen MR) is 127 cm³/mol. The highest BCUT2D eigenvalue weighted by Gasteiger charge is 2.58. The summed E-state index contributed by atoms with van der Waals surface area (Å²) in [5.41, 5.74) is 2.27. The summed E-state index contributed by atoms with van der Waals surface area (Å²) in [6.45, 7) is 1.91. The van der Waals surface area contributed by atoms with E-state index in [-0.39, 0.29) is 29.5 Å². The number of aromatic amines is 1. The Morgan fingerprint density at radius 1 is 1.09 bits per heavy atom. The third kappa shape index (κ3) is 3.10. The maximum atomic E-state index is 15.3. The summed E-state index contributed by atoms with van der Waals surface area (Å²) < 4.78 is 15.3. The molecule has 0 radical (unpaired) electrons. The summed E-state index contributed by atoms with van der Waals surface area (Å²) in [4.78, 5) is 37.1. The van der Waals surface area contributed by atoms with Gasteiger partial charge in [0.05, 0.1) is 0 Å². The third-order valence-electron chi connectivity index (χ3n) is 7.67. The number of hydrogen-bond acceptors (Lipinski definition) is 3. The van der Waals surface area contributed by atoms with E-state index >= 15 is 4.39 Å². The monoisotopic (exact) mass is 456 g/mol. The average molecular weight is 457 g/mol. The summed E-state index contributed by atoms with van der Waals surface area (Å²) in [7, 11) is 0. The van der Waals surface area contributed by atoms with Crippen molar-refractivity contribution in [3.05, 3.63) is 60.0 Å². The number of aromatic nitrogens is 1. The van der Waals surface area contributed by atoms with E-state index in [1.54, 1.807) is 11.0 Å². The summed E-state index contributed by atoms with van der Waals surface area (Å²) in [6.07, 6.45) is 5.38. The maximum absolute atomic E-state index is 15.3. The molecular formula is C27H25FN4O2.